The van der Waals surface area contributed by atoms with Crippen LogP contribution in [0.1, 0.15) is 18.9 Å². The lowest BCUT2D eigenvalue weighted by atomic mass is 10.2. The molecule has 2 nitrogen and oxygen atoms in total. The third kappa shape index (κ3) is 4.07. The van der Waals surface area contributed by atoms with Gasteiger partial charge in [-0.1, -0.05) is 6.92 Å². The molecule has 0 radical (unpaired) electrons. The number of halogens is 1. The summed E-state index contributed by atoms with van der Waals surface area (Å²) in [5.41, 5.74) is 1.32. The smallest absolute Gasteiger partial charge is 0.0271 e. The van der Waals surface area contributed by atoms with Gasteiger partial charge in [0.15, 0.2) is 0 Å². The van der Waals surface area contributed by atoms with Crippen molar-refractivity contribution in [3.05, 3.63) is 30.1 Å². The second kappa shape index (κ2) is 6.80. The molecular formula is C11H17ClN2. The lowest BCUT2D eigenvalue weighted by Gasteiger charge is -2.19. The van der Waals surface area contributed by atoms with Gasteiger partial charge >= 0.3 is 0 Å². The first-order valence-electron chi connectivity index (χ1n) is 5.04. The predicted octanol–water partition coefficient (Wildman–Crippen LogP) is 2.53. The number of pyridine rings is 1. The number of rotatable bonds is 6. The molecule has 0 aromatic carbocycles. The maximum atomic E-state index is 5.67. The van der Waals surface area contributed by atoms with E-state index in [0.29, 0.717) is 0 Å². The van der Waals surface area contributed by atoms with Crippen molar-refractivity contribution in [2.45, 2.75) is 19.9 Å². The van der Waals surface area contributed by atoms with E-state index < -0.39 is 0 Å². The van der Waals surface area contributed by atoms with Gasteiger partial charge in [-0.15, -0.1) is 11.6 Å². The van der Waals surface area contributed by atoms with Gasteiger partial charge in [0.25, 0.3) is 0 Å². The van der Waals surface area contributed by atoms with Crippen LogP contribution in [0.2, 0.25) is 0 Å². The van der Waals surface area contributed by atoms with Crippen molar-refractivity contribution in [2.24, 2.45) is 0 Å². The molecule has 1 rings (SSSR count). The monoisotopic (exact) mass is 212 g/mol. The van der Waals surface area contributed by atoms with Crippen LogP contribution in [0, 0.1) is 0 Å². The van der Waals surface area contributed by atoms with E-state index in [1.54, 1.807) is 0 Å². The molecule has 1 heterocycles. The van der Waals surface area contributed by atoms with Gasteiger partial charge in [-0.3, -0.25) is 9.88 Å². The minimum atomic E-state index is 0.743. The van der Waals surface area contributed by atoms with E-state index in [4.69, 9.17) is 11.6 Å². The van der Waals surface area contributed by atoms with Gasteiger partial charge in [-0.25, -0.2) is 0 Å². The van der Waals surface area contributed by atoms with Crippen LogP contribution in [0.5, 0.6) is 0 Å². The Labute approximate surface area is 90.9 Å². The SMILES string of the molecule is CCN(CCCCl)Cc1ccncc1. The van der Waals surface area contributed by atoms with E-state index in [1.807, 2.05) is 12.4 Å². The molecule has 0 saturated heterocycles. The lowest BCUT2D eigenvalue weighted by molar-refractivity contribution is 0.281. The Kier molecular flexibility index (Phi) is 5.57. The fourth-order valence-corrected chi connectivity index (χ4v) is 1.50. The van der Waals surface area contributed by atoms with Gasteiger partial charge in [0.05, 0.1) is 0 Å². The van der Waals surface area contributed by atoms with Gasteiger partial charge in [0, 0.05) is 24.8 Å². The van der Waals surface area contributed by atoms with Crippen LogP contribution >= 0.6 is 11.6 Å². The summed E-state index contributed by atoms with van der Waals surface area (Å²) >= 11 is 5.67. The molecule has 0 atom stereocenters. The first-order chi connectivity index (χ1) is 6.86. The topological polar surface area (TPSA) is 16.1 Å². The fourth-order valence-electron chi connectivity index (χ4n) is 1.38. The van der Waals surface area contributed by atoms with E-state index in [2.05, 4.69) is 28.9 Å². The first-order valence-corrected chi connectivity index (χ1v) is 5.57. The predicted molar refractivity (Wildman–Crippen MR) is 60.5 cm³/mol. The van der Waals surface area contributed by atoms with Crippen LogP contribution in [0.15, 0.2) is 24.5 Å². The van der Waals surface area contributed by atoms with E-state index >= 15 is 0 Å². The molecule has 1 aromatic heterocycles. The Balaban J connectivity index is 2.40. The molecule has 14 heavy (non-hydrogen) atoms. The highest BCUT2D eigenvalue weighted by molar-refractivity contribution is 6.17. The summed E-state index contributed by atoms with van der Waals surface area (Å²) in [6, 6.07) is 4.12. The van der Waals surface area contributed by atoms with Gasteiger partial charge in [-0.2, -0.15) is 0 Å². The van der Waals surface area contributed by atoms with Gasteiger partial charge in [0.2, 0.25) is 0 Å². The molecule has 0 N–H and O–H groups in total. The molecule has 0 aliphatic carbocycles. The molecule has 0 amide bonds. The number of nitrogens with zero attached hydrogens (tertiary/aromatic N) is 2. The highest BCUT2D eigenvalue weighted by Crippen LogP contribution is 2.03. The summed E-state index contributed by atoms with van der Waals surface area (Å²) < 4.78 is 0. The Morgan fingerprint density at radius 1 is 1.36 bits per heavy atom. The number of hydrogen-bond acceptors (Lipinski definition) is 2. The number of hydrogen-bond donors (Lipinski definition) is 0. The number of aromatic nitrogens is 1. The summed E-state index contributed by atoms with van der Waals surface area (Å²) in [6.07, 6.45) is 4.73. The van der Waals surface area contributed by atoms with Crippen LogP contribution in [0.4, 0.5) is 0 Å². The zero-order chi connectivity index (χ0) is 10.2. The minimum absolute atomic E-state index is 0.743. The molecular weight excluding hydrogens is 196 g/mol. The summed E-state index contributed by atoms with van der Waals surface area (Å²) in [4.78, 5) is 6.39. The summed E-state index contributed by atoms with van der Waals surface area (Å²) in [5.74, 6) is 0.743. The molecule has 0 saturated carbocycles. The van der Waals surface area contributed by atoms with Crippen LogP contribution < -0.4 is 0 Å². The van der Waals surface area contributed by atoms with Crippen molar-refractivity contribution < 1.29 is 0 Å². The second-order valence-corrected chi connectivity index (χ2v) is 3.64. The highest BCUT2D eigenvalue weighted by atomic mass is 35.5. The third-order valence-electron chi connectivity index (χ3n) is 2.21. The van der Waals surface area contributed by atoms with Gasteiger partial charge < -0.3 is 0 Å². The van der Waals surface area contributed by atoms with Crippen LogP contribution in [0.25, 0.3) is 0 Å². The molecule has 0 aliphatic heterocycles. The molecule has 1 aromatic rings. The van der Waals surface area contributed by atoms with E-state index in [0.717, 1.165) is 31.9 Å². The van der Waals surface area contributed by atoms with E-state index in [-0.39, 0.29) is 0 Å². The Hall–Kier alpha value is -0.600. The zero-order valence-electron chi connectivity index (χ0n) is 8.62. The molecule has 0 unspecified atom stereocenters. The summed E-state index contributed by atoms with van der Waals surface area (Å²) in [6.45, 7) is 5.31. The summed E-state index contributed by atoms with van der Waals surface area (Å²) in [7, 11) is 0. The van der Waals surface area contributed by atoms with Crippen molar-refractivity contribution in [2.75, 3.05) is 19.0 Å². The lowest BCUT2D eigenvalue weighted by Crippen LogP contribution is -2.24. The van der Waals surface area contributed by atoms with Crippen molar-refractivity contribution >= 4 is 11.6 Å². The first kappa shape index (κ1) is 11.5. The average molecular weight is 213 g/mol. The largest absolute Gasteiger partial charge is 0.299 e. The molecule has 3 heteroatoms. The summed E-state index contributed by atoms with van der Waals surface area (Å²) in [5, 5.41) is 0. The van der Waals surface area contributed by atoms with E-state index in [1.165, 1.54) is 5.56 Å². The molecule has 0 spiro atoms. The Morgan fingerprint density at radius 3 is 2.64 bits per heavy atom. The molecule has 0 bridgehead atoms. The number of alkyl halides is 1. The molecule has 0 fully saturated rings. The normalized spacial score (nSPS) is 10.8. The highest BCUT2D eigenvalue weighted by Gasteiger charge is 2.02. The average Bonchev–Trinajstić information content (AvgIpc) is 2.25. The fraction of sp³-hybridized carbons (Fsp3) is 0.545. The molecule has 0 aliphatic rings. The second-order valence-electron chi connectivity index (χ2n) is 3.27. The van der Waals surface area contributed by atoms with Crippen molar-refractivity contribution in [3.63, 3.8) is 0 Å². The Morgan fingerprint density at radius 2 is 2.07 bits per heavy atom. The standard InChI is InChI=1S/C11H17ClN2/c1-2-14(9-3-6-12)10-11-4-7-13-8-5-11/h4-5,7-8H,2-3,6,9-10H2,1H3. The van der Waals surface area contributed by atoms with Crippen LogP contribution in [0.3, 0.4) is 0 Å². The quantitative estimate of drug-likeness (QED) is 0.674. The minimum Gasteiger partial charge on any atom is -0.299 e. The van der Waals surface area contributed by atoms with Crippen LogP contribution in [-0.2, 0) is 6.54 Å². The van der Waals surface area contributed by atoms with Gasteiger partial charge in [0.1, 0.15) is 0 Å². The maximum Gasteiger partial charge on any atom is 0.0271 e. The van der Waals surface area contributed by atoms with Crippen molar-refractivity contribution in [3.8, 4) is 0 Å². The zero-order valence-corrected chi connectivity index (χ0v) is 9.37. The van der Waals surface area contributed by atoms with Crippen molar-refractivity contribution in [1.82, 2.24) is 9.88 Å². The maximum absolute atomic E-state index is 5.67. The van der Waals surface area contributed by atoms with Gasteiger partial charge in [-0.05, 0) is 37.2 Å². The molecule has 78 valence electrons. The van der Waals surface area contributed by atoms with Crippen molar-refractivity contribution in [1.29, 1.82) is 0 Å². The Bertz CT molecular complexity index is 238. The third-order valence-corrected chi connectivity index (χ3v) is 2.48. The van der Waals surface area contributed by atoms with Crippen LogP contribution in [-0.4, -0.2) is 28.9 Å². The van der Waals surface area contributed by atoms with E-state index in [9.17, 15) is 0 Å².